The summed E-state index contributed by atoms with van der Waals surface area (Å²) in [6.07, 6.45) is 4.51. The van der Waals surface area contributed by atoms with Crippen LogP contribution in [0.1, 0.15) is 38.2 Å². The molecule has 7 nitrogen and oxygen atoms in total. The van der Waals surface area contributed by atoms with E-state index in [0.717, 1.165) is 74.8 Å². The number of unbranched alkanes of at least 4 members (excludes halogenated alkanes) is 1. The second kappa shape index (κ2) is 14.6. The molecule has 3 aromatic carbocycles. The van der Waals surface area contributed by atoms with Crippen LogP contribution >= 0.6 is 12.4 Å². The van der Waals surface area contributed by atoms with Crippen molar-refractivity contribution in [1.29, 1.82) is 0 Å². The van der Waals surface area contributed by atoms with Crippen LogP contribution in [0.15, 0.2) is 66.7 Å². The minimum atomic E-state index is -3.32. The Labute approximate surface area is 247 Å². The number of anilines is 2. The number of piperidine rings is 1. The molecule has 0 saturated carbocycles. The van der Waals surface area contributed by atoms with Crippen LogP contribution < -0.4 is 10.0 Å². The first-order chi connectivity index (χ1) is 19.1. The fourth-order valence-electron chi connectivity index (χ4n) is 5.00. The lowest BCUT2D eigenvalue weighted by Crippen LogP contribution is -2.49. The van der Waals surface area contributed by atoms with Crippen LogP contribution in [0, 0.1) is 11.6 Å². The van der Waals surface area contributed by atoms with Crippen molar-refractivity contribution >= 4 is 39.8 Å². The summed E-state index contributed by atoms with van der Waals surface area (Å²) in [5, 5.41) is 2.63. The minimum absolute atomic E-state index is 0. The number of urea groups is 1. The second-order valence-corrected chi connectivity index (χ2v) is 12.0. The number of hydrogen-bond donors (Lipinski definition) is 2. The lowest BCUT2D eigenvalue weighted by atomic mass is 10.00. The zero-order chi connectivity index (χ0) is 28.7. The lowest BCUT2D eigenvalue weighted by Gasteiger charge is -2.38. The van der Waals surface area contributed by atoms with Crippen molar-refractivity contribution in [3.8, 4) is 11.1 Å². The summed E-state index contributed by atoms with van der Waals surface area (Å²) in [5.74, 6) is -1.47. The van der Waals surface area contributed by atoms with E-state index in [1.165, 1.54) is 11.6 Å². The molecular weight excluding hydrogens is 570 g/mol. The van der Waals surface area contributed by atoms with Gasteiger partial charge in [-0.1, -0.05) is 43.7 Å². The Bertz CT molecular complexity index is 1420. The number of benzene rings is 3. The molecule has 41 heavy (non-hydrogen) atoms. The Morgan fingerprint density at radius 2 is 1.71 bits per heavy atom. The van der Waals surface area contributed by atoms with Gasteiger partial charge in [-0.2, -0.15) is 0 Å². The lowest BCUT2D eigenvalue weighted by molar-refractivity contribution is 0.122. The van der Waals surface area contributed by atoms with Gasteiger partial charge in [0.1, 0.15) is 11.6 Å². The van der Waals surface area contributed by atoms with Crippen LogP contribution in [-0.2, 0) is 16.6 Å². The number of amides is 2. The van der Waals surface area contributed by atoms with Gasteiger partial charge in [0.05, 0.1) is 11.9 Å². The summed E-state index contributed by atoms with van der Waals surface area (Å²) in [6, 6.07) is 18.4. The molecule has 0 radical (unpaired) electrons. The van der Waals surface area contributed by atoms with Gasteiger partial charge < -0.3 is 10.2 Å². The smallest absolute Gasteiger partial charge is 0.321 e. The molecule has 222 valence electrons. The maximum absolute atomic E-state index is 14.1. The van der Waals surface area contributed by atoms with Gasteiger partial charge >= 0.3 is 6.03 Å². The van der Waals surface area contributed by atoms with Gasteiger partial charge in [0.15, 0.2) is 0 Å². The highest BCUT2D eigenvalue weighted by molar-refractivity contribution is 7.92. The minimum Gasteiger partial charge on any atom is -0.321 e. The predicted molar refractivity (Wildman–Crippen MR) is 163 cm³/mol. The topological polar surface area (TPSA) is 81.8 Å². The highest BCUT2D eigenvalue weighted by Crippen LogP contribution is 2.25. The van der Waals surface area contributed by atoms with E-state index >= 15 is 0 Å². The van der Waals surface area contributed by atoms with Gasteiger partial charge in [-0.3, -0.25) is 9.62 Å². The first kappa shape index (κ1) is 32.3. The van der Waals surface area contributed by atoms with Crippen LogP contribution in [0.2, 0.25) is 0 Å². The Hall–Kier alpha value is -3.21. The molecule has 0 aliphatic carbocycles. The van der Waals surface area contributed by atoms with Gasteiger partial charge in [-0.25, -0.2) is 22.0 Å². The Kier molecular flexibility index (Phi) is 11.5. The Morgan fingerprint density at radius 3 is 2.34 bits per heavy atom. The monoisotopic (exact) mass is 606 g/mol. The van der Waals surface area contributed by atoms with Gasteiger partial charge in [-0.05, 0) is 66.3 Å². The average molecular weight is 607 g/mol. The van der Waals surface area contributed by atoms with E-state index in [1.807, 2.05) is 24.3 Å². The fraction of sp³-hybridized carbons (Fsp3) is 0.367. The summed E-state index contributed by atoms with van der Waals surface area (Å²) in [5.41, 5.74) is 3.71. The van der Waals surface area contributed by atoms with E-state index in [4.69, 9.17) is 0 Å². The van der Waals surface area contributed by atoms with Gasteiger partial charge in [0.25, 0.3) is 0 Å². The quantitative estimate of drug-likeness (QED) is 0.268. The third-order valence-corrected chi connectivity index (χ3v) is 7.65. The Morgan fingerprint density at radius 1 is 1.00 bits per heavy atom. The van der Waals surface area contributed by atoms with Crippen molar-refractivity contribution in [3.63, 3.8) is 0 Å². The van der Waals surface area contributed by atoms with Crippen LogP contribution in [-0.4, -0.2) is 56.2 Å². The molecule has 3 aromatic rings. The average Bonchev–Trinajstić information content (AvgIpc) is 2.91. The van der Waals surface area contributed by atoms with E-state index < -0.39 is 21.7 Å². The van der Waals surface area contributed by atoms with Crippen molar-refractivity contribution < 1.29 is 22.0 Å². The largest absolute Gasteiger partial charge is 0.322 e. The number of hydrogen-bond acceptors (Lipinski definition) is 4. The molecule has 0 spiro atoms. The second-order valence-electron chi connectivity index (χ2n) is 10.3. The zero-order valence-corrected chi connectivity index (χ0v) is 24.9. The molecule has 0 bridgehead atoms. The van der Waals surface area contributed by atoms with E-state index in [-0.39, 0.29) is 30.2 Å². The van der Waals surface area contributed by atoms with Crippen LogP contribution in [0.5, 0.6) is 0 Å². The number of carbonyl (C=O) groups is 1. The molecule has 0 atom stereocenters. The summed E-state index contributed by atoms with van der Waals surface area (Å²) in [7, 11) is -3.32. The highest BCUT2D eigenvalue weighted by atomic mass is 35.5. The van der Waals surface area contributed by atoms with Gasteiger partial charge in [0, 0.05) is 44.0 Å². The molecular formula is C30H37ClF2N4O3S. The molecule has 2 N–H and O–H groups in total. The molecule has 4 rings (SSSR count). The summed E-state index contributed by atoms with van der Waals surface area (Å²) < 4.78 is 52.8. The highest BCUT2D eigenvalue weighted by Gasteiger charge is 2.28. The van der Waals surface area contributed by atoms with E-state index in [1.54, 1.807) is 17.0 Å². The molecule has 1 saturated heterocycles. The SMILES string of the molecule is CCCCN(C(=O)Nc1ccc(F)cc1F)C1CCN(Cc2cccc(-c3ccc(NS(C)(=O)=O)cc3)c2)CC1.Cl. The fourth-order valence-corrected chi connectivity index (χ4v) is 5.56. The first-order valence-corrected chi connectivity index (χ1v) is 15.4. The number of nitrogens with one attached hydrogen (secondary N) is 2. The first-order valence-electron chi connectivity index (χ1n) is 13.5. The number of sulfonamides is 1. The standard InChI is InChI=1S/C30H36F2N4O3S.ClH/c1-3-4-16-36(30(37)33-29-13-10-25(31)20-28(29)32)27-14-17-35(18-15-27)21-22-6-5-7-24(19-22)23-8-11-26(12-9-23)34-40(2,38)39;/h5-13,19-20,27,34H,3-4,14-18,21H2,1-2H3,(H,33,37);1H. The predicted octanol–water partition coefficient (Wildman–Crippen LogP) is 6.72. The summed E-state index contributed by atoms with van der Waals surface area (Å²) >= 11 is 0. The third kappa shape index (κ3) is 9.41. The Balaban J connectivity index is 0.00000462. The summed E-state index contributed by atoms with van der Waals surface area (Å²) in [4.78, 5) is 17.3. The van der Waals surface area contributed by atoms with E-state index in [9.17, 15) is 22.0 Å². The van der Waals surface area contributed by atoms with Gasteiger partial charge in [0.2, 0.25) is 10.0 Å². The number of carbonyl (C=O) groups excluding carboxylic acids is 1. The summed E-state index contributed by atoms with van der Waals surface area (Å²) in [6.45, 7) is 5.06. The maximum atomic E-state index is 14.1. The molecule has 1 aliphatic heterocycles. The van der Waals surface area contributed by atoms with Crippen molar-refractivity contribution in [3.05, 3.63) is 83.9 Å². The zero-order valence-electron chi connectivity index (χ0n) is 23.3. The normalized spacial score (nSPS) is 14.2. The van der Waals surface area contributed by atoms with Crippen molar-refractivity contribution in [2.45, 2.75) is 45.2 Å². The van der Waals surface area contributed by atoms with Crippen LogP contribution in [0.3, 0.4) is 0 Å². The third-order valence-electron chi connectivity index (χ3n) is 7.04. The van der Waals surface area contributed by atoms with Crippen LogP contribution in [0.25, 0.3) is 11.1 Å². The van der Waals surface area contributed by atoms with Crippen molar-refractivity contribution in [2.24, 2.45) is 0 Å². The van der Waals surface area contributed by atoms with Gasteiger partial charge in [-0.15, -0.1) is 12.4 Å². The number of rotatable bonds is 10. The van der Waals surface area contributed by atoms with E-state index in [0.29, 0.717) is 12.2 Å². The van der Waals surface area contributed by atoms with Crippen LogP contribution in [0.4, 0.5) is 25.0 Å². The van der Waals surface area contributed by atoms with Crippen molar-refractivity contribution in [1.82, 2.24) is 9.80 Å². The number of halogens is 3. The molecule has 1 aliphatic rings. The van der Waals surface area contributed by atoms with Crippen molar-refractivity contribution in [2.75, 3.05) is 35.9 Å². The molecule has 1 heterocycles. The number of nitrogens with zero attached hydrogens (tertiary/aromatic N) is 2. The maximum Gasteiger partial charge on any atom is 0.322 e. The molecule has 0 aromatic heterocycles. The molecule has 1 fully saturated rings. The molecule has 0 unspecified atom stereocenters. The molecule has 11 heteroatoms. The number of likely N-dealkylation sites (tertiary alicyclic amines) is 1. The van der Waals surface area contributed by atoms with E-state index in [2.05, 4.69) is 34.0 Å². The molecule has 2 amide bonds.